The van der Waals surface area contributed by atoms with E-state index in [1.165, 1.54) is 5.57 Å². The molecule has 0 amide bonds. The SMILES string of the molecule is CC(C)/C(=C/c1cccc(Br)c1F)CBr. The van der Waals surface area contributed by atoms with Gasteiger partial charge in [-0.1, -0.05) is 53.6 Å². The molecule has 0 N–H and O–H groups in total. The lowest BCUT2D eigenvalue weighted by atomic mass is 10.0. The minimum atomic E-state index is -0.198. The van der Waals surface area contributed by atoms with Crippen molar-refractivity contribution < 1.29 is 4.39 Å². The minimum absolute atomic E-state index is 0.198. The first kappa shape index (κ1) is 12.9. The van der Waals surface area contributed by atoms with E-state index in [1.807, 2.05) is 12.1 Å². The second-order valence-corrected chi connectivity index (χ2v) is 5.07. The normalized spacial score (nSPS) is 12.3. The lowest BCUT2D eigenvalue weighted by Crippen LogP contribution is -1.96. The van der Waals surface area contributed by atoms with Gasteiger partial charge in [0.1, 0.15) is 5.82 Å². The van der Waals surface area contributed by atoms with E-state index in [2.05, 4.69) is 45.7 Å². The minimum Gasteiger partial charge on any atom is -0.205 e. The molecule has 0 aromatic heterocycles. The van der Waals surface area contributed by atoms with E-state index in [1.54, 1.807) is 12.1 Å². The summed E-state index contributed by atoms with van der Waals surface area (Å²) in [6.45, 7) is 4.20. The monoisotopic (exact) mass is 334 g/mol. The number of halogens is 3. The molecule has 0 nitrogen and oxygen atoms in total. The van der Waals surface area contributed by atoms with Crippen molar-refractivity contribution in [1.82, 2.24) is 0 Å². The Morgan fingerprint density at radius 1 is 1.47 bits per heavy atom. The lowest BCUT2D eigenvalue weighted by Gasteiger charge is -2.08. The second kappa shape index (κ2) is 5.80. The van der Waals surface area contributed by atoms with Gasteiger partial charge in [-0.15, -0.1) is 0 Å². The summed E-state index contributed by atoms with van der Waals surface area (Å²) < 4.78 is 14.2. The van der Waals surface area contributed by atoms with Crippen molar-refractivity contribution >= 4 is 37.9 Å². The smallest absolute Gasteiger partial charge is 0.144 e. The molecule has 3 heteroatoms. The highest BCUT2D eigenvalue weighted by atomic mass is 79.9. The first-order valence-corrected chi connectivity index (χ1v) is 6.68. The Hall–Kier alpha value is -0.150. The summed E-state index contributed by atoms with van der Waals surface area (Å²) in [5, 5.41) is 0.774. The van der Waals surface area contributed by atoms with Crippen LogP contribution in [0.4, 0.5) is 4.39 Å². The lowest BCUT2D eigenvalue weighted by molar-refractivity contribution is 0.618. The van der Waals surface area contributed by atoms with E-state index in [0.717, 1.165) is 5.33 Å². The molecule has 0 atom stereocenters. The maximum Gasteiger partial charge on any atom is 0.144 e. The zero-order valence-electron chi connectivity index (χ0n) is 8.73. The molecule has 0 heterocycles. The molecule has 0 radical (unpaired) electrons. The number of hydrogen-bond donors (Lipinski definition) is 0. The molecule has 15 heavy (non-hydrogen) atoms. The van der Waals surface area contributed by atoms with Crippen LogP contribution in [0.5, 0.6) is 0 Å². The summed E-state index contributed by atoms with van der Waals surface area (Å²) in [7, 11) is 0. The summed E-state index contributed by atoms with van der Waals surface area (Å²) in [4.78, 5) is 0. The molecular formula is C12H13Br2F. The first-order chi connectivity index (χ1) is 7.06. The molecule has 0 aliphatic carbocycles. The van der Waals surface area contributed by atoms with Crippen LogP contribution in [-0.4, -0.2) is 5.33 Å². The van der Waals surface area contributed by atoms with Crippen LogP contribution in [-0.2, 0) is 0 Å². The van der Waals surface area contributed by atoms with Crippen molar-refractivity contribution in [2.45, 2.75) is 13.8 Å². The van der Waals surface area contributed by atoms with Gasteiger partial charge in [0.25, 0.3) is 0 Å². The van der Waals surface area contributed by atoms with Crippen molar-refractivity contribution in [2.24, 2.45) is 5.92 Å². The maximum absolute atomic E-state index is 13.7. The van der Waals surface area contributed by atoms with E-state index < -0.39 is 0 Å². The number of rotatable bonds is 3. The van der Waals surface area contributed by atoms with Gasteiger partial charge in [0.15, 0.2) is 0 Å². The highest BCUT2D eigenvalue weighted by molar-refractivity contribution is 9.10. The van der Waals surface area contributed by atoms with Gasteiger partial charge in [0.05, 0.1) is 4.47 Å². The fraction of sp³-hybridized carbons (Fsp3) is 0.333. The number of allylic oxidation sites excluding steroid dienone is 1. The molecule has 0 unspecified atom stereocenters. The van der Waals surface area contributed by atoms with Crippen molar-refractivity contribution in [3.05, 3.63) is 39.6 Å². The Morgan fingerprint density at radius 2 is 2.13 bits per heavy atom. The molecule has 0 aliphatic rings. The summed E-state index contributed by atoms with van der Waals surface area (Å²) in [5.41, 5.74) is 1.82. The largest absolute Gasteiger partial charge is 0.205 e. The predicted octanol–water partition coefficient (Wildman–Crippen LogP) is 5.02. The third-order valence-electron chi connectivity index (χ3n) is 2.22. The van der Waals surface area contributed by atoms with Crippen LogP contribution in [0.25, 0.3) is 6.08 Å². The van der Waals surface area contributed by atoms with Crippen LogP contribution in [0, 0.1) is 11.7 Å². The summed E-state index contributed by atoms with van der Waals surface area (Å²) in [6, 6.07) is 5.33. The molecule has 0 fully saturated rings. The molecule has 0 spiro atoms. The Morgan fingerprint density at radius 3 is 2.67 bits per heavy atom. The quantitative estimate of drug-likeness (QED) is 0.680. The van der Waals surface area contributed by atoms with Gasteiger partial charge in [0, 0.05) is 10.9 Å². The number of benzene rings is 1. The van der Waals surface area contributed by atoms with Gasteiger partial charge in [-0.25, -0.2) is 4.39 Å². The van der Waals surface area contributed by atoms with Gasteiger partial charge in [-0.05, 0) is 27.9 Å². The molecule has 1 aromatic rings. The van der Waals surface area contributed by atoms with Gasteiger partial charge in [-0.3, -0.25) is 0 Å². The van der Waals surface area contributed by atoms with Crippen LogP contribution in [0.3, 0.4) is 0 Å². The molecule has 0 aliphatic heterocycles. The Bertz CT molecular complexity index is 370. The first-order valence-electron chi connectivity index (χ1n) is 4.76. The van der Waals surface area contributed by atoms with Crippen LogP contribution < -0.4 is 0 Å². The van der Waals surface area contributed by atoms with Crippen molar-refractivity contribution in [1.29, 1.82) is 0 Å². The molecule has 1 rings (SSSR count). The third-order valence-corrected chi connectivity index (χ3v) is 3.48. The second-order valence-electron chi connectivity index (χ2n) is 3.65. The predicted molar refractivity (Wildman–Crippen MR) is 70.7 cm³/mol. The average molecular weight is 336 g/mol. The van der Waals surface area contributed by atoms with Crippen molar-refractivity contribution in [3.63, 3.8) is 0 Å². The van der Waals surface area contributed by atoms with Crippen molar-refractivity contribution in [2.75, 3.05) is 5.33 Å². The molecule has 1 aromatic carbocycles. The standard InChI is InChI=1S/C12H13Br2F/c1-8(2)10(7-13)6-9-4-3-5-11(14)12(9)15/h3-6,8H,7H2,1-2H3/b10-6+. The van der Waals surface area contributed by atoms with Crippen molar-refractivity contribution in [3.8, 4) is 0 Å². The van der Waals surface area contributed by atoms with Crippen LogP contribution in [0.15, 0.2) is 28.2 Å². The Balaban J connectivity index is 3.11. The number of hydrogen-bond acceptors (Lipinski definition) is 0. The van der Waals surface area contributed by atoms with Gasteiger partial charge < -0.3 is 0 Å². The summed E-state index contributed by atoms with van der Waals surface area (Å²) >= 11 is 6.59. The third kappa shape index (κ3) is 3.42. The zero-order valence-corrected chi connectivity index (χ0v) is 11.9. The molecule has 0 bridgehead atoms. The Kier molecular flexibility index (Phi) is 5.00. The highest BCUT2D eigenvalue weighted by Crippen LogP contribution is 2.23. The van der Waals surface area contributed by atoms with Gasteiger partial charge >= 0.3 is 0 Å². The fourth-order valence-corrected chi connectivity index (χ4v) is 2.38. The highest BCUT2D eigenvalue weighted by Gasteiger charge is 2.06. The fourth-order valence-electron chi connectivity index (χ4n) is 1.19. The topological polar surface area (TPSA) is 0 Å². The van der Waals surface area contributed by atoms with E-state index in [9.17, 15) is 4.39 Å². The van der Waals surface area contributed by atoms with E-state index in [0.29, 0.717) is 16.0 Å². The van der Waals surface area contributed by atoms with E-state index in [-0.39, 0.29) is 5.82 Å². The van der Waals surface area contributed by atoms with Crippen LogP contribution >= 0.6 is 31.9 Å². The van der Waals surface area contributed by atoms with Gasteiger partial charge in [-0.2, -0.15) is 0 Å². The molecule has 0 saturated heterocycles. The molecular weight excluding hydrogens is 323 g/mol. The number of alkyl halides is 1. The van der Waals surface area contributed by atoms with Crippen LogP contribution in [0.1, 0.15) is 19.4 Å². The summed E-state index contributed by atoms with van der Waals surface area (Å²) in [6.07, 6.45) is 1.90. The zero-order chi connectivity index (χ0) is 11.4. The summed E-state index contributed by atoms with van der Waals surface area (Å²) in [5.74, 6) is 0.222. The molecule has 0 saturated carbocycles. The van der Waals surface area contributed by atoms with Gasteiger partial charge in [0.2, 0.25) is 0 Å². The average Bonchev–Trinajstić information content (AvgIpc) is 2.19. The van der Waals surface area contributed by atoms with E-state index >= 15 is 0 Å². The molecule has 82 valence electrons. The Labute approximate surface area is 107 Å². The van der Waals surface area contributed by atoms with E-state index in [4.69, 9.17) is 0 Å². The maximum atomic E-state index is 13.7. The van der Waals surface area contributed by atoms with Crippen LogP contribution in [0.2, 0.25) is 0 Å².